The lowest BCUT2D eigenvalue weighted by atomic mass is 9.86. The summed E-state index contributed by atoms with van der Waals surface area (Å²) in [5.41, 5.74) is 9.52. The topological polar surface area (TPSA) is 96.6 Å². The van der Waals surface area contributed by atoms with E-state index in [0.29, 0.717) is 12.5 Å². The third-order valence-corrected chi connectivity index (χ3v) is 6.16. The SMILES string of the molecule is I.NC(=NCCS(=O)(=O)NCC1CCC1)Nc1ccc2c(c1)CCC2. The quantitative estimate of drug-likeness (QED) is 0.318. The lowest BCUT2D eigenvalue weighted by molar-refractivity contribution is 0.316. The Morgan fingerprint density at radius 3 is 2.68 bits per heavy atom. The molecular formula is C17H27IN4O2S. The van der Waals surface area contributed by atoms with Gasteiger partial charge in [0.05, 0.1) is 12.3 Å². The van der Waals surface area contributed by atoms with Crippen LogP contribution in [0.1, 0.15) is 36.8 Å². The van der Waals surface area contributed by atoms with Gasteiger partial charge in [-0.3, -0.25) is 4.99 Å². The first-order valence-corrected chi connectivity index (χ1v) is 10.3. The van der Waals surface area contributed by atoms with Crippen molar-refractivity contribution < 1.29 is 8.42 Å². The number of nitrogens with one attached hydrogen (secondary N) is 2. The molecule has 2 aliphatic rings. The van der Waals surface area contributed by atoms with Crippen LogP contribution in [-0.4, -0.2) is 33.2 Å². The smallest absolute Gasteiger partial charge is 0.213 e. The molecule has 1 aromatic carbocycles. The molecule has 0 aromatic heterocycles. The van der Waals surface area contributed by atoms with Crippen molar-refractivity contribution in [2.45, 2.75) is 38.5 Å². The van der Waals surface area contributed by atoms with Gasteiger partial charge in [0, 0.05) is 12.2 Å². The van der Waals surface area contributed by atoms with Gasteiger partial charge in [-0.1, -0.05) is 12.5 Å². The summed E-state index contributed by atoms with van der Waals surface area (Å²) in [6.07, 6.45) is 6.91. The van der Waals surface area contributed by atoms with Gasteiger partial charge in [-0.25, -0.2) is 13.1 Å². The van der Waals surface area contributed by atoms with Crippen LogP contribution in [0.25, 0.3) is 0 Å². The van der Waals surface area contributed by atoms with Crippen molar-refractivity contribution in [1.29, 1.82) is 0 Å². The molecule has 0 saturated heterocycles. The van der Waals surface area contributed by atoms with Crippen molar-refractivity contribution in [2.75, 3.05) is 24.2 Å². The Morgan fingerprint density at radius 1 is 1.20 bits per heavy atom. The number of rotatable bonds is 7. The number of fused-ring (bicyclic) bond motifs is 1. The molecule has 140 valence electrons. The first-order chi connectivity index (χ1) is 11.5. The van der Waals surface area contributed by atoms with Gasteiger partial charge in [0.15, 0.2) is 5.96 Å². The molecule has 0 bridgehead atoms. The predicted molar refractivity (Wildman–Crippen MR) is 113 cm³/mol. The van der Waals surface area contributed by atoms with E-state index in [0.717, 1.165) is 31.4 Å². The molecule has 2 aliphatic carbocycles. The monoisotopic (exact) mass is 478 g/mol. The summed E-state index contributed by atoms with van der Waals surface area (Å²) in [6.45, 7) is 0.707. The summed E-state index contributed by atoms with van der Waals surface area (Å²) in [5, 5.41) is 3.04. The molecule has 0 heterocycles. The number of anilines is 1. The summed E-state index contributed by atoms with van der Waals surface area (Å²) in [5.74, 6) is 0.726. The van der Waals surface area contributed by atoms with E-state index < -0.39 is 10.0 Å². The van der Waals surface area contributed by atoms with Crippen LogP contribution in [0.2, 0.25) is 0 Å². The third kappa shape index (κ3) is 6.10. The maximum absolute atomic E-state index is 11.9. The van der Waals surface area contributed by atoms with Crippen molar-refractivity contribution >= 4 is 45.6 Å². The summed E-state index contributed by atoms with van der Waals surface area (Å²) in [7, 11) is -3.27. The number of hydrogen-bond donors (Lipinski definition) is 3. The molecule has 25 heavy (non-hydrogen) atoms. The molecule has 1 fully saturated rings. The minimum atomic E-state index is -3.27. The molecule has 0 spiro atoms. The molecule has 8 heteroatoms. The van der Waals surface area contributed by atoms with Crippen molar-refractivity contribution in [2.24, 2.45) is 16.6 Å². The number of nitrogens with zero attached hydrogens (tertiary/aromatic N) is 1. The van der Waals surface area contributed by atoms with Crippen LogP contribution in [0.5, 0.6) is 0 Å². The summed E-state index contributed by atoms with van der Waals surface area (Å²) < 4.78 is 26.5. The zero-order valence-electron chi connectivity index (χ0n) is 14.3. The van der Waals surface area contributed by atoms with Crippen LogP contribution >= 0.6 is 24.0 Å². The Labute approximate surface area is 167 Å². The molecule has 0 radical (unpaired) electrons. The lowest BCUT2D eigenvalue weighted by Gasteiger charge is -2.25. The number of aryl methyl sites for hydroxylation is 2. The van der Waals surface area contributed by atoms with Gasteiger partial charge in [0.2, 0.25) is 10.0 Å². The number of hydrogen-bond acceptors (Lipinski definition) is 3. The van der Waals surface area contributed by atoms with E-state index in [2.05, 4.69) is 27.2 Å². The second-order valence-corrected chi connectivity index (χ2v) is 8.62. The molecule has 0 unspecified atom stereocenters. The van der Waals surface area contributed by atoms with Crippen LogP contribution in [0.4, 0.5) is 5.69 Å². The first-order valence-electron chi connectivity index (χ1n) is 8.68. The van der Waals surface area contributed by atoms with Crippen molar-refractivity contribution in [3.05, 3.63) is 29.3 Å². The highest BCUT2D eigenvalue weighted by atomic mass is 127. The Kier molecular flexibility index (Phi) is 7.51. The standard InChI is InChI=1S/C17H26N4O2S.HI/c18-17(21-16-8-7-14-5-2-6-15(14)11-16)19-9-10-24(22,23)20-12-13-3-1-4-13;/h7-8,11,13,20H,1-6,9-10,12H2,(H3,18,19,21);1H. The second-order valence-electron chi connectivity index (χ2n) is 6.69. The Bertz CT molecular complexity index is 717. The fraction of sp³-hybridized carbons (Fsp3) is 0.588. The van der Waals surface area contributed by atoms with Crippen LogP contribution in [0, 0.1) is 5.92 Å². The minimum absolute atomic E-state index is 0. The van der Waals surface area contributed by atoms with E-state index in [-0.39, 0.29) is 42.2 Å². The molecule has 1 aromatic rings. The van der Waals surface area contributed by atoms with Gasteiger partial charge < -0.3 is 11.1 Å². The highest BCUT2D eigenvalue weighted by molar-refractivity contribution is 14.0. The van der Waals surface area contributed by atoms with Gasteiger partial charge in [-0.05, 0) is 61.3 Å². The van der Waals surface area contributed by atoms with Gasteiger partial charge in [-0.15, -0.1) is 24.0 Å². The predicted octanol–water partition coefficient (Wildman–Crippen LogP) is 2.24. The van der Waals surface area contributed by atoms with Crippen LogP contribution < -0.4 is 15.8 Å². The molecule has 3 rings (SSSR count). The van der Waals surface area contributed by atoms with Crippen molar-refractivity contribution in [3.63, 3.8) is 0 Å². The second kappa shape index (κ2) is 9.18. The number of aliphatic imine (C=N–C) groups is 1. The van der Waals surface area contributed by atoms with E-state index in [1.807, 2.05) is 6.07 Å². The highest BCUT2D eigenvalue weighted by Gasteiger charge is 2.19. The zero-order chi connectivity index (χ0) is 17.0. The van der Waals surface area contributed by atoms with Gasteiger partial charge in [0.1, 0.15) is 0 Å². The molecule has 4 N–H and O–H groups in total. The molecule has 0 atom stereocenters. The molecular weight excluding hydrogens is 451 g/mol. The van der Waals surface area contributed by atoms with Gasteiger partial charge >= 0.3 is 0 Å². The highest BCUT2D eigenvalue weighted by Crippen LogP contribution is 2.25. The molecule has 0 amide bonds. The maximum Gasteiger partial charge on any atom is 0.213 e. The molecule has 6 nitrogen and oxygen atoms in total. The van der Waals surface area contributed by atoms with E-state index in [4.69, 9.17) is 5.73 Å². The van der Waals surface area contributed by atoms with E-state index in [1.165, 1.54) is 24.0 Å². The largest absolute Gasteiger partial charge is 0.370 e. The Hall–Kier alpha value is -0.870. The maximum atomic E-state index is 11.9. The average Bonchev–Trinajstić information content (AvgIpc) is 2.92. The normalized spacial score (nSPS) is 17.5. The minimum Gasteiger partial charge on any atom is -0.370 e. The Morgan fingerprint density at radius 2 is 1.96 bits per heavy atom. The fourth-order valence-corrected chi connectivity index (χ4v) is 4.10. The number of sulfonamides is 1. The first kappa shape index (κ1) is 20.4. The van der Waals surface area contributed by atoms with Crippen molar-refractivity contribution in [1.82, 2.24) is 4.72 Å². The zero-order valence-corrected chi connectivity index (χ0v) is 17.5. The van der Waals surface area contributed by atoms with Gasteiger partial charge in [-0.2, -0.15) is 0 Å². The van der Waals surface area contributed by atoms with E-state index >= 15 is 0 Å². The summed E-state index contributed by atoms with van der Waals surface area (Å²) in [6, 6.07) is 6.21. The third-order valence-electron chi connectivity index (χ3n) is 4.83. The molecule has 1 saturated carbocycles. The number of nitrogens with two attached hydrogens (primary N) is 1. The van der Waals surface area contributed by atoms with Crippen LogP contribution in [0.15, 0.2) is 23.2 Å². The van der Waals surface area contributed by atoms with Crippen LogP contribution in [0.3, 0.4) is 0 Å². The average molecular weight is 478 g/mol. The summed E-state index contributed by atoms with van der Waals surface area (Å²) in [4.78, 5) is 4.12. The number of guanidine groups is 1. The van der Waals surface area contributed by atoms with E-state index in [9.17, 15) is 8.42 Å². The Balaban J connectivity index is 0.00000225. The molecule has 0 aliphatic heterocycles. The van der Waals surface area contributed by atoms with Crippen LogP contribution in [-0.2, 0) is 22.9 Å². The number of halogens is 1. The number of benzene rings is 1. The van der Waals surface area contributed by atoms with Gasteiger partial charge in [0.25, 0.3) is 0 Å². The lowest BCUT2D eigenvalue weighted by Crippen LogP contribution is -2.34. The summed E-state index contributed by atoms with van der Waals surface area (Å²) >= 11 is 0. The fourth-order valence-electron chi connectivity index (χ4n) is 3.14. The van der Waals surface area contributed by atoms with Crippen molar-refractivity contribution in [3.8, 4) is 0 Å². The van der Waals surface area contributed by atoms with E-state index in [1.54, 1.807) is 0 Å².